The minimum Gasteiger partial charge on any atom is -0.303 e. The highest BCUT2D eigenvalue weighted by Crippen LogP contribution is 2.19. The molecule has 8 nitrogen and oxygen atoms in total. The third-order valence-corrected chi connectivity index (χ3v) is 4.28. The van der Waals surface area contributed by atoms with Crippen LogP contribution in [0.3, 0.4) is 0 Å². The van der Waals surface area contributed by atoms with Crippen molar-refractivity contribution in [2.45, 2.75) is 20.3 Å². The number of para-hydroxylation sites is 1. The van der Waals surface area contributed by atoms with Crippen LogP contribution in [-0.2, 0) is 11.2 Å². The summed E-state index contributed by atoms with van der Waals surface area (Å²) in [5.74, 6) is 0.377. The van der Waals surface area contributed by atoms with Crippen LogP contribution in [0.1, 0.15) is 22.5 Å². The van der Waals surface area contributed by atoms with Crippen LogP contribution in [0.2, 0.25) is 0 Å². The Bertz CT molecular complexity index is 1040. The van der Waals surface area contributed by atoms with E-state index in [2.05, 4.69) is 15.5 Å². The monoisotopic (exact) mass is 377 g/mol. The van der Waals surface area contributed by atoms with E-state index in [9.17, 15) is 14.9 Å². The molecule has 2 aromatic heterocycles. The first kappa shape index (κ1) is 19.0. The molecule has 1 N–H and O–H groups in total. The van der Waals surface area contributed by atoms with Crippen molar-refractivity contribution in [3.05, 3.63) is 87.4 Å². The van der Waals surface area contributed by atoms with E-state index in [1.807, 2.05) is 42.7 Å². The number of nitrogens with zero attached hydrogens (tertiary/aromatic N) is 4. The molecule has 0 spiro atoms. The van der Waals surface area contributed by atoms with Gasteiger partial charge in [-0.25, -0.2) is 10.4 Å². The predicted octanol–water partition coefficient (Wildman–Crippen LogP) is 3.09. The van der Waals surface area contributed by atoms with E-state index >= 15 is 0 Å². The van der Waals surface area contributed by atoms with Gasteiger partial charge in [-0.05, 0) is 32.0 Å². The van der Waals surface area contributed by atoms with Crippen LogP contribution >= 0.6 is 0 Å². The molecular formula is C20H19N5O3. The fourth-order valence-electron chi connectivity index (χ4n) is 2.98. The fourth-order valence-corrected chi connectivity index (χ4v) is 2.98. The normalized spacial score (nSPS) is 10.9. The molecule has 0 unspecified atom stereocenters. The van der Waals surface area contributed by atoms with Gasteiger partial charge in [0.15, 0.2) is 0 Å². The Labute approximate surface area is 161 Å². The van der Waals surface area contributed by atoms with Crippen molar-refractivity contribution in [3.8, 4) is 5.82 Å². The zero-order valence-corrected chi connectivity index (χ0v) is 15.5. The first-order chi connectivity index (χ1) is 13.5. The number of pyridine rings is 1. The van der Waals surface area contributed by atoms with E-state index < -0.39 is 10.8 Å². The van der Waals surface area contributed by atoms with Crippen LogP contribution in [0.4, 0.5) is 5.69 Å². The third kappa shape index (κ3) is 4.12. The van der Waals surface area contributed by atoms with Gasteiger partial charge in [-0.1, -0.05) is 24.3 Å². The Morgan fingerprint density at radius 3 is 2.71 bits per heavy atom. The van der Waals surface area contributed by atoms with E-state index in [0.29, 0.717) is 5.56 Å². The molecule has 2 heterocycles. The Morgan fingerprint density at radius 1 is 1.25 bits per heavy atom. The summed E-state index contributed by atoms with van der Waals surface area (Å²) in [6.07, 6.45) is 3.16. The van der Waals surface area contributed by atoms with Crippen LogP contribution in [0, 0.1) is 24.0 Å². The molecule has 0 aliphatic rings. The lowest BCUT2D eigenvalue weighted by Gasteiger charge is -2.07. The van der Waals surface area contributed by atoms with Crippen molar-refractivity contribution in [2.75, 3.05) is 0 Å². The minimum absolute atomic E-state index is 0.0828. The maximum absolute atomic E-state index is 12.1. The molecule has 8 heteroatoms. The second-order valence-electron chi connectivity index (χ2n) is 6.21. The van der Waals surface area contributed by atoms with Gasteiger partial charge in [0.1, 0.15) is 5.82 Å². The van der Waals surface area contributed by atoms with E-state index in [4.69, 9.17) is 0 Å². The second-order valence-corrected chi connectivity index (χ2v) is 6.21. The molecule has 0 fully saturated rings. The molecule has 0 saturated heterocycles. The molecule has 0 aliphatic heterocycles. The number of nitrogens with one attached hydrogen (secondary N) is 1. The highest BCUT2D eigenvalue weighted by molar-refractivity contribution is 5.85. The first-order valence-electron chi connectivity index (χ1n) is 8.62. The number of benzene rings is 1. The maximum Gasteiger partial charge on any atom is 0.273 e. The maximum atomic E-state index is 12.1. The van der Waals surface area contributed by atoms with Gasteiger partial charge in [0.2, 0.25) is 5.91 Å². The lowest BCUT2D eigenvalue weighted by atomic mass is 10.1. The third-order valence-electron chi connectivity index (χ3n) is 4.28. The number of hydrazone groups is 1. The molecule has 142 valence electrons. The molecule has 0 saturated carbocycles. The number of carbonyl (C=O) groups is 1. The average Bonchev–Trinajstić information content (AvgIpc) is 2.96. The van der Waals surface area contributed by atoms with E-state index in [0.717, 1.165) is 22.8 Å². The van der Waals surface area contributed by atoms with E-state index in [1.165, 1.54) is 6.07 Å². The zero-order valence-electron chi connectivity index (χ0n) is 15.5. The SMILES string of the molecule is Cc1cc(/C=N/NC(=O)Cc2ccccc2[N+](=O)[O-])c(C)n1-c1ccccn1. The van der Waals surface area contributed by atoms with Crippen molar-refractivity contribution in [3.63, 3.8) is 0 Å². The molecule has 3 aromatic rings. The van der Waals surface area contributed by atoms with Crippen molar-refractivity contribution in [2.24, 2.45) is 5.10 Å². The van der Waals surface area contributed by atoms with E-state index in [1.54, 1.807) is 30.6 Å². The summed E-state index contributed by atoms with van der Waals surface area (Å²) in [6.45, 7) is 3.91. The number of nitro groups is 1. The Balaban J connectivity index is 1.70. The minimum atomic E-state index is -0.502. The number of hydrogen-bond donors (Lipinski definition) is 1. The first-order valence-corrected chi connectivity index (χ1v) is 8.62. The Kier molecular flexibility index (Phi) is 5.59. The van der Waals surface area contributed by atoms with Gasteiger partial charge in [-0.15, -0.1) is 0 Å². The Hall–Kier alpha value is -3.81. The smallest absolute Gasteiger partial charge is 0.273 e. The molecule has 3 rings (SSSR count). The van der Waals surface area contributed by atoms with Crippen molar-refractivity contribution >= 4 is 17.8 Å². The molecule has 1 aromatic carbocycles. The van der Waals surface area contributed by atoms with Crippen molar-refractivity contribution in [1.29, 1.82) is 0 Å². The number of rotatable bonds is 6. The summed E-state index contributed by atoms with van der Waals surface area (Å²) < 4.78 is 2.00. The summed E-state index contributed by atoms with van der Waals surface area (Å²) >= 11 is 0. The number of nitro benzene ring substituents is 1. The highest BCUT2D eigenvalue weighted by atomic mass is 16.6. The lowest BCUT2D eigenvalue weighted by Crippen LogP contribution is -2.20. The molecule has 0 atom stereocenters. The standard InChI is InChI=1S/C20H19N5O3/c1-14-11-17(15(2)24(14)19-9-5-6-10-21-19)13-22-23-20(26)12-16-7-3-4-8-18(16)25(27)28/h3-11,13H,12H2,1-2H3,(H,23,26)/b22-13+. The van der Waals surface area contributed by atoms with Gasteiger partial charge in [0.05, 0.1) is 17.6 Å². The van der Waals surface area contributed by atoms with Gasteiger partial charge in [-0.3, -0.25) is 14.9 Å². The van der Waals surface area contributed by atoms with Gasteiger partial charge in [0.25, 0.3) is 5.69 Å². The number of aryl methyl sites for hydroxylation is 1. The van der Waals surface area contributed by atoms with Crippen LogP contribution < -0.4 is 5.43 Å². The molecular weight excluding hydrogens is 358 g/mol. The fraction of sp³-hybridized carbons (Fsp3) is 0.150. The van der Waals surface area contributed by atoms with Crippen molar-refractivity contribution < 1.29 is 9.72 Å². The van der Waals surface area contributed by atoms with Gasteiger partial charge in [-0.2, -0.15) is 5.10 Å². The number of hydrogen-bond acceptors (Lipinski definition) is 5. The Morgan fingerprint density at radius 2 is 2.00 bits per heavy atom. The summed E-state index contributed by atoms with van der Waals surface area (Å²) in [5, 5.41) is 15.0. The van der Waals surface area contributed by atoms with Gasteiger partial charge >= 0.3 is 0 Å². The van der Waals surface area contributed by atoms with Crippen LogP contribution in [-0.4, -0.2) is 26.6 Å². The van der Waals surface area contributed by atoms with Crippen LogP contribution in [0.25, 0.3) is 5.82 Å². The molecule has 28 heavy (non-hydrogen) atoms. The van der Waals surface area contributed by atoms with Crippen LogP contribution in [0.15, 0.2) is 59.8 Å². The van der Waals surface area contributed by atoms with Gasteiger partial charge < -0.3 is 4.57 Å². The lowest BCUT2D eigenvalue weighted by molar-refractivity contribution is -0.385. The molecule has 0 bridgehead atoms. The van der Waals surface area contributed by atoms with Gasteiger partial charge in [0, 0.05) is 34.8 Å². The average molecular weight is 377 g/mol. The highest BCUT2D eigenvalue weighted by Gasteiger charge is 2.15. The molecule has 1 amide bonds. The zero-order chi connectivity index (χ0) is 20.1. The molecule has 0 aliphatic carbocycles. The number of amides is 1. The summed E-state index contributed by atoms with van der Waals surface area (Å²) in [7, 11) is 0. The van der Waals surface area contributed by atoms with Crippen molar-refractivity contribution in [1.82, 2.24) is 15.0 Å². The predicted molar refractivity (Wildman–Crippen MR) is 106 cm³/mol. The van der Waals surface area contributed by atoms with E-state index in [-0.39, 0.29) is 12.1 Å². The molecule has 0 radical (unpaired) electrons. The number of aromatic nitrogens is 2. The second kappa shape index (κ2) is 8.26. The summed E-state index contributed by atoms with van der Waals surface area (Å²) in [5.41, 5.74) is 5.45. The largest absolute Gasteiger partial charge is 0.303 e. The topological polar surface area (TPSA) is 102 Å². The summed E-state index contributed by atoms with van der Waals surface area (Å²) in [4.78, 5) is 27.0. The number of carbonyl (C=O) groups excluding carboxylic acids is 1. The summed E-state index contributed by atoms with van der Waals surface area (Å²) in [6, 6.07) is 13.8. The quantitative estimate of drug-likeness (QED) is 0.405. The van der Waals surface area contributed by atoms with Crippen LogP contribution in [0.5, 0.6) is 0 Å².